The van der Waals surface area contributed by atoms with Gasteiger partial charge in [-0.15, -0.1) is 0 Å². The molecule has 0 spiro atoms. The van der Waals surface area contributed by atoms with Crippen molar-refractivity contribution in [1.82, 2.24) is 15.0 Å². The molecule has 0 aromatic carbocycles. The highest BCUT2D eigenvalue weighted by molar-refractivity contribution is 5.56. The smallest absolute Gasteiger partial charge is 0.180 e. The van der Waals surface area contributed by atoms with Gasteiger partial charge in [0.15, 0.2) is 5.82 Å². The van der Waals surface area contributed by atoms with Gasteiger partial charge in [0.25, 0.3) is 0 Å². The van der Waals surface area contributed by atoms with Crippen LogP contribution in [-0.2, 0) is 0 Å². The van der Waals surface area contributed by atoms with E-state index in [0.717, 1.165) is 22.8 Å². The molecule has 100 valence electrons. The Kier molecular flexibility index (Phi) is 4.06. The fourth-order valence-electron chi connectivity index (χ4n) is 1.66. The molecule has 0 aliphatic carbocycles. The molecule has 2 rings (SSSR count). The molecular weight excluding hydrogens is 240 g/mol. The van der Waals surface area contributed by atoms with Crippen LogP contribution in [0.5, 0.6) is 0 Å². The summed E-state index contributed by atoms with van der Waals surface area (Å²) in [5.74, 6) is 1.34. The number of hydrogen-bond donors (Lipinski definition) is 2. The topological polar surface area (TPSA) is 70.9 Å². The molecule has 2 N–H and O–H groups in total. The molecule has 0 aliphatic heterocycles. The summed E-state index contributed by atoms with van der Waals surface area (Å²) in [6.07, 6.45) is 1.72. The van der Waals surface area contributed by atoms with E-state index in [0.29, 0.717) is 5.82 Å². The highest BCUT2D eigenvalue weighted by atomic mass is 16.3. The van der Waals surface area contributed by atoms with Crippen molar-refractivity contribution in [3.63, 3.8) is 0 Å². The van der Waals surface area contributed by atoms with E-state index in [4.69, 9.17) is 5.11 Å². The second-order valence-corrected chi connectivity index (χ2v) is 4.55. The zero-order chi connectivity index (χ0) is 13.8. The standard InChI is InChI=1S/C14H18N4O/c1-9(8-19)16-13-10(2)11(3)17-14(18-13)12-6-4-5-7-15-12/h4-7,9,19H,8H2,1-3H3,(H,16,17,18). The molecule has 2 heterocycles. The van der Waals surface area contributed by atoms with Crippen LogP contribution in [0.4, 0.5) is 5.82 Å². The van der Waals surface area contributed by atoms with Crippen LogP contribution in [0.3, 0.4) is 0 Å². The van der Waals surface area contributed by atoms with Crippen LogP contribution in [0.15, 0.2) is 24.4 Å². The maximum Gasteiger partial charge on any atom is 0.180 e. The van der Waals surface area contributed by atoms with Crippen LogP contribution < -0.4 is 5.32 Å². The molecule has 1 unspecified atom stereocenters. The molecule has 0 aliphatic rings. The maximum absolute atomic E-state index is 9.12. The second-order valence-electron chi connectivity index (χ2n) is 4.55. The minimum absolute atomic E-state index is 0.0513. The van der Waals surface area contributed by atoms with Gasteiger partial charge in [-0.25, -0.2) is 9.97 Å². The van der Waals surface area contributed by atoms with Crippen molar-refractivity contribution in [3.05, 3.63) is 35.7 Å². The van der Waals surface area contributed by atoms with E-state index in [1.54, 1.807) is 6.20 Å². The quantitative estimate of drug-likeness (QED) is 0.877. The van der Waals surface area contributed by atoms with E-state index in [-0.39, 0.29) is 12.6 Å². The molecule has 5 nitrogen and oxygen atoms in total. The molecule has 0 fully saturated rings. The van der Waals surface area contributed by atoms with Gasteiger partial charge < -0.3 is 10.4 Å². The molecule has 2 aromatic heterocycles. The lowest BCUT2D eigenvalue weighted by atomic mass is 10.2. The Labute approximate surface area is 112 Å². The van der Waals surface area contributed by atoms with Crippen LogP contribution in [0.25, 0.3) is 11.5 Å². The SMILES string of the molecule is Cc1nc(-c2ccccn2)nc(NC(C)CO)c1C. The highest BCUT2D eigenvalue weighted by Gasteiger charge is 2.11. The van der Waals surface area contributed by atoms with Crippen molar-refractivity contribution in [2.24, 2.45) is 0 Å². The van der Waals surface area contributed by atoms with E-state index in [1.807, 2.05) is 39.0 Å². The average Bonchev–Trinajstić information content (AvgIpc) is 2.44. The summed E-state index contributed by atoms with van der Waals surface area (Å²) in [7, 11) is 0. The lowest BCUT2D eigenvalue weighted by Gasteiger charge is -2.15. The van der Waals surface area contributed by atoms with Crippen molar-refractivity contribution < 1.29 is 5.11 Å². The highest BCUT2D eigenvalue weighted by Crippen LogP contribution is 2.20. The Morgan fingerprint density at radius 3 is 2.68 bits per heavy atom. The summed E-state index contributed by atoms with van der Waals surface area (Å²) >= 11 is 0. The third kappa shape index (κ3) is 3.06. The number of rotatable bonds is 4. The van der Waals surface area contributed by atoms with E-state index >= 15 is 0 Å². The lowest BCUT2D eigenvalue weighted by molar-refractivity contribution is 0.281. The van der Waals surface area contributed by atoms with Crippen LogP contribution in [0.1, 0.15) is 18.2 Å². The summed E-state index contributed by atoms with van der Waals surface area (Å²) in [6, 6.07) is 5.59. The maximum atomic E-state index is 9.12. The van der Waals surface area contributed by atoms with Crippen molar-refractivity contribution in [3.8, 4) is 11.5 Å². The van der Waals surface area contributed by atoms with Crippen molar-refractivity contribution >= 4 is 5.82 Å². The van der Waals surface area contributed by atoms with Gasteiger partial charge >= 0.3 is 0 Å². The molecular formula is C14H18N4O. The first-order chi connectivity index (χ1) is 9.11. The molecule has 0 saturated heterocycles. The number of aromatic nitrogens is 3. The zero-order valence-electron chi connectivity index (χ0n) is 11.4. The first-order valence-electron chi connectivity index (χ1n) is 6.26. The average molecular weight is 258 g/mol. The van der Waals surface area contributed by atoms with Crippen molar-refractivity contribution in [2.75, 3.05) is 11.9 Å². The minimum atomic E-state index is -0.0513. The summed E-state index contributed by atoms with van der Waals surface area (Å²) in [5, 5.41) is 12.3. The normalized spacial score (nSPS) is 12.2. The Bertz CT molecular complexity index is 557. The number of aryl methyl sites for hydroxylation is 1. The van der Waals surface area contributed by atoms with Gasteiger partial charge in [-0.05, 0) is 32.9 Å². The molecule has 1 atom stereocenters. The third-order valence-electron chi connectivity index (χ3n) is 2.94. The molecule has 0 radical (unpaired) electrons. The molecule has 0 saturated carbocycles. The van der Waals surface area contributed by atoms with Crippen molar-refractivity contribution in [1.29, 1.82) is 0 Å². The molecule has 19 heavy (non-hydrogen) atoms. The van der Waals surface area contributed by atoms with E-state index in [1.165, 1.54) is 0 Å². The number of aliphatic hydroxyl groups excluding tert-OH is 1. The number of hydrogen-bond acceptors (Lipinski definition) is 5. The Hall–Kier alpha value is -2.01. The van der Waals surface area contributed by atoms with Crippen molar-refractivity contribution in [2.45, 2.75) is 26.8 Å². The number of nitrogens with zero attached hydrogens (tertiary/aromatic N) is 3. The first kappa shape index (κ1) is 13.4. The lowest BCUT2D eigenvalue weighted by Crippen LogP contribution is -2.21. The number of nitrogens with one attached hydrogen (secondary N) is 1. The summed E-state index contributed by atoms with van der Waals surface area (Å²) in [4.78, 5) is 13.2. The molecule has 0 bridgehead atoms. The van der Waals surface area contributed by atoms with E-state index in [9.17, 15) is 0 Å². The fraction of sp³-hybridized carbons (Fsp3) is 0.357. The van der Waals surface area contributed by atoms with Gasteiger partial charge in [-0.3, -0.25) is 4.98 Å². The summed E-state index contributed by atoms with van der Waals surface area (Å²) in [5.41, 5.74) is 2.63. The summed E-state index contributed by atoms with van der Waals surface area (Å²) in [6.45, 7) is 5.86. The largest absolute Gasteiger partial charge is 0.394 e. The predicted octanol–water partition coefficient (Wildman–Crippen LogP) is 1.95. The van der Waals surface area contributed by atoms with Gasteiger partial charge in [0.2, 0.25) is 0 Å². The zero-order valence-corrected chi connectivity index (χ0v) is 11.4. The van der Waals surface area contributed by atoms with Gasteiger partial charge in [0, 0.05) is 23.5 Å². The van der Waals surface area contributed by atoms with Gasteiger partial charge in [0.05, 0.1) is 6.61 Å². The number of aliphatic hydroxyl groups is 1. The van der Waals surface area contributed by atoms with Crippen LogP contribution in [-0.4, -0.2) is 32.7 Å². The van der Waals surface area contributed by atoms with Gasteiger partial charge in [-0.1, -0.05) is 6.07 Å². The minimum Gasteiger partial charge on any atom is -0.394 e. The third-order valence-corrected chi connectivity index (χ3v) is 2.94. The molecule has 2 aromatic rings. The van der Waals surface area contributed by atoms with Crippen LogP contribution in [0.2, 0.25) is 0 Å². The Morgan fingerprint density at radius 1 is 1.26 bits per heavy atom. The van der Waals surface area contributed by atoms with Crippen LogP contribution in [0, 0.1) is 13.8 Å². The van der Waals surface area contributed by atoms with Crippen LogP contribution >= 0.6 is 0 Å². The number of anilines is 1. The number of pyridine rings is 1. The predicted molar refractivity (Wildman–Crippen MR) is 74.9 cm³/mol. The first-order valence-corrected chi connectivity index (χ1v) is 6.26. The summed E-state index contributed by atoms with van der Waals surface area (Å²) < 4.78 is 0. The fourth-order valence-corrected chi connectivity index (χ4v) is 1.66. The monoisotopic (exact) mass is 258 g/mol. The van der Waals surface area contributed by atoms with E-state index < -0.39 is 0 Å². The van der Waals surface area contributed by atoms with E-state index in [2.05, 4.69) is 20.3 Å². The molecule has 0 amide bonds. The Balaban J connectivity index is 2.42. The molecule has 5 heteroatoms. The van der Waals surface area contributed by atoms with Gasteiger partial charge in [0.1, 0.15) is 11.5 Å². The Morgan fingerprint density at radius 2 is 2.05 bits per heavy atom. The van der Waals surface area contributed by atoms with Gasteiger partial charge in [-0.2, -0.15) is 0 Å². The second kappa shape index (κ2) is 5.75.